The fraction of sp³-hybridized carbons (Fsp3) is 0.346. The van der Waals surface area contributed by atoms with E-state index >= 15 is 0 Å². The van der Waals surface area contributed by atoms with Crippen LogP contribution in [0.25, 0.3) is 16.6 Å². The predicted octanol–water partition coefficient (Wildman–Crippen LogP) is 3.84. The Kier molecular flexibility index (Phi) is 4.62. The molecular formula is C26H26N4O3. The van der Waals surface area contributed by atoms with Crippen LogP contribution >= 0.6 is 0 Å². The smallest absolute Gasteiger partial charge is 0.274 e. The number of H-pyrrole nitrogens is 1. The molecule has 0 atom stereocenters. The summed E-state index contributed by atoms with van der Waals surface area (Å²) in [7, 11) is 0. The summed E-state index contributed by atoms with van der Waals surface area (Å²) in [4.78, 5) is 36.2. The number of fused-ring (bicyclic) bond motifs is 4. The first-order chi connectivity index (χ1) is 16.0. The zero-order valence-electron chi connectivity index (χ0n) is 18.9. The molecule has 2 aromatic heterocycles. The van der Waals surface area contributed by atoms with E-state index in [-0.39, 0.29) is 17.4 Å². The summed E-state index contributed by atoms with van der Waals surface area (Å²) in [5, 5.41) is 0. The van der Waals surface area contributed by atoms with Crippen LogP contribution in [0.15, 0.2) is 41.2 Å². The van der Waals surface area contributed by atoms with Gasteiger partial charge < -0.3 is 14.6 Å². The third-order valence-corrected chi connectivity index (χ3v) is 7.07. The van der Waals surface area contributed by atoms with Crippen molar-refractivity contribution in [3.63, 3.8) is 0 Å². The zero-order valence-corrected chi connectivity index (χ0v) is 18.9. The van der Waals surface area contributed by atoms with Gasteiger partial charge in [0.1, 0.15) is 11.3 Å². The Morgan fingerprint density at radius 1 is 1.09 bits per heavy atom. The van der Waals surface area contributed by atoms with Crippen LogP contribution < -0.4 is 5.56 Å². The number of carbonyl (C=O) groups excluding carboxylic acids is 1. The number of aromatic nitrogens is 3. The van der Waals surface area contributed by atoms with E-state index in [9.17, 15) is 9.59 Å². The molecule has 2 aliphatic rings. The van der Waals surface area contributed by atoms with Crippen molar-refractivity contribution in [2.24, 2.45) is 0 Å². The van der Waals surface area contributed by atoms with E-state index in [1.807, 2.05) is 47.4 Å². The summed E-state index contributed by atoms with van der Waals surface area (Å²) in [5.74, 6) is 1.14. The molecule has 0 radical (unpaired) electrons. The molecule has 1 saturated heterocycles. The number of imidazole rings is 1. The lowest BCUT2D eigenvalue weighted by Crippen LogP contribution is -2.26. The molecule has 1 fully saturated rings. The first kappa shape index (κ1) is 20.2. The maximum atomic E-state index is 13.4. The Labute approximate surface area is 191 Å². The van der Waals surface area contributed by atoms with Crippen LogP contribution in [0, 0.1) is 13.8 Å². The standard InChI is InChI=1S/C26H26N4O3/c1-15-11-22-21(12-20(15)26(32)29-13-18-5-3-4-6-19(18)14-29)28-25(31)23-16(2)27-24(30(22)23)17-7-9-33-10-8-17/h3-6,11-12,17H,7-10,13-14H2,1-2H3,(H,28,31). The SMILES string of the molecule is Cc1cc2c(cc1C(=O)N1Cc3ccccc3C1)[nH]c(=O)c1c(C)nc(C3CCOCC3)n12. The molecule has 0 bridgehead atoms. The first-order valence-corrected chi connectivity index (χ1v) is 11.5. The Bertz CT molecular complexity index is 1450. The highest BCUT2D eigenvalue weighted by atomic mass is 16.5. The van der Waals surface area contributed by atoms with Crippen LogP contribution in [0.5, 0.6) is 0 Å². The minimum atomic E-state index is -0.179. The van der Waals surface area contributed by atoms with Gasteiger partial charge in [0.2, 0.25) is 0 Å². The summed E-state index contributed by atoms with van der Waals surface area (Å²) < 4.78 is 7.54. The number of rotatable bonds is 2. The number of nitrogens with one attached hydrogen (secondary N) is 1. The molecule has 2 aliphatic heterocycles. The number of amides is 1. The zero-order chi connectivity index (χ0) is 22.7. The van der Waals surface area contributed by atoms with E-state index in [2.05, 4.69) is 17.1 Å². The third-order valence-electron chi connectivity index (χ3n) is 7.07. The van der Waals surface area contributed by atoms with Gasteiger partial charge in [-0.05, 0) is 55.5 Å². The predicted molar refractivity (Wildman–Crippen MR) is 126 cm³/mol. The van der Waals surface area contributed by atoms with Crippen molar-refractivity contribution in [2.75, 3.05) is 13.2 Å². The topological polar surface area (TPSA) is 79.7 Å². The number of ether oxygens (including phenoxy) is 1. The van der Waals surface area contributed by atoms with Crippen molar-refractivity contribution >= 4 is 22.5 Å². The lowest BCUT2D eigenvalue weighted by Gasteiger charge is -2.22. The van der Waals surface area contributed by atoms with Crippen molar-refractivity contribution in [3.05, 3.63) is 80.5 Å². The Morgan fingerprint density at radius 3 is 2.48 bits per heavy atom. The van der Waals surface area contributed by atoms with Crippen LogP contribution in [0.3, 0.4) is 0 Å². The van der Waals surface area contributed by atoms with Crippen LogP contribution in [0.4, 0.5) is 0 Å². The number of hydrogen-bond donors (Lipinski definition) is 1. The monoisotopic (exact) mass is 442 g/mol. The number of carbonyl (C=O) groups is 1. The molecule has 0 unspecified atom stereocenters. The van der Waals surface area contributed by atoms with Gasteiger partial charge in [-0.15, -0.1) is 0 Å². The van der Waals surface area contributed by atoms with Gasteiger partial charge in [-0.3, -0.25) is 14.0 Å². The van der Waals surface area contributed by atoms with Crippen molar-refractivity contribution < 1.29 is 9.53 Å². The van der Waals surface area contributed by atoms with Crippen LogP contribution in [-0.4, -0.2) is 38.4 Å². The third kappa shape index (κ3) is 3.18. The van der Waals surface area contributed by atoms with Crippen molar-refractivity contribution in [3.8, 4) is 0 Å². The quantitative estimate of drug-likeness (QED) is 0.512. The maximum absolute atomic E-state index is 13.4. The number of hydrogen-bond acceptors (Lipinski definition) is 4. The second kappa shape index (κ2) is 7.56. The summed E-state index contributed by atoms with van der Waals surface area (Å²) in [6.45, 7) is 6.47. The van der Waals surface area contributed by atoms with Gasteiger partial charge in [0.15, 0.2) is 0 Å². The molecule has 2 aromatic carbocycles. The van der Waals surface area contributed by atoms with E-state index in [0.717, 1.165) is 35.4 Å². The van der Waals surface area contributed by atoms with Crippen molar-refractivity contribution in [1.82, 2.24) is 19.3 Å². The van der Waals surface area contributed by atoms with Crippen molar-refractivity contribution in [2.45, 2.75) is 45.7 Å². The minimum Gasteiger partial charge on any atom is -0.381 e. The van der Waals surface area contributed by atoms with Crippen LogP contribution in [0.2, 0.25) is 0 Å². The van der Waals surface area contributed by atoms with Gasteiger partial charge in [0, 0.05) is 37.8 Å². The van der Waals surface area contributed by atoms with Gasteiger partial charge in [-0.1, -0.05) is 24.3 Å². The molecule has 7 heteroatoms. The van der Waals surface area contributed by atoms with Crippen LogP contribution in [0.1, 0.15) is 57.3 Å². The number of nitrogens with zero attached hydrogens (tertiary/aromatic N) is 3. The summed E-state index contributed by atoms with van der Waals surface area (Å²) >= 11 is 0. The second-order valence-corrected chi connectivity index (χ2v) is 9.19. The highest BCUT2D eigenvalue weighted by Gasteiger charge is 2.27. The highest BCUT2D eigenvalue weighted by molar-refractivity contribution is 5.99. The van der Waals surface area contributed by atoms with Gasteiger partial charge in [-0.2, -0.15) is 0 Å². The molecule has 1 amide bonds. The Hall–Kier alpha value is -3.45. The van der Waals surface area contributed by atoms with Gasteiger partial charge in [0.25, 0.3) is 11.5 Å². The second-order valence-electron chi connectivity index (χ2n) is 9.19. The van der Waals surface area contributed by atoms with Crippen molar-refractivity contribution in [1.29, 1.82) is 0 Å². The average Bonchev–Trinajstić information content (AvgIpc) is 3.41. The molecular weight excluding hydrogens is 416 g/mol. The van der Waals surface area contributed by atoms with E-state index < -0.39 is 0 Å². The summed E-state index contributed by atoms with van der Waals surface area (Å²) in [5.41, 5.74) is 6.56. The minimum absolute atomic E-state index is 0.0157. The largest absolute Gasteiger partial charge is 0.381 e. The molecule has 33 heavy (non-hydrogen) atoms. The fourth-order valence-electron chi connectivity index (χ4n) is 5.33. The first-order valence-electron chi connectivity index (χ1n) is 11.5. The van der Waals surface area contributed by atoms with E-state index in [4.69, 9.17) is 9.72 Å². The molecule has 7 nitrogen and oxygen atoms in total. The Morgan fingerprint density at radius 2 is 1.79 bits per heavy atom. The lowest BCUT2D eigenvalue weighted by atomic mass is 9.99. The normalized spacial score (nSPS) is 16.6. The van der Waals surface area contributed by atoms with E-state index in [1.165, 1.54) is 11.1 Å². The van der Waals surface area contributed by atoms with E-state index in [1.54, 1.807) is 0 Å². The van der Waals surface area contributed by atoms with E-state index in [0.29, 0.717) is 42.9 Å². The molecule has 1 N–H and O–H groups in total. The van der Waals surface area contributed by atoms with Crippen LogP contribution in [-0.2, 0) is 17.8 Å². The van der Waals surface area contributed by atoms with Gasteiger partial charge in [-0.25, -0.2) is 4.98 Å². The number of aryl methyl sites for hydroxylation is 2. The molecule has 4 heterocycles. The molecule has 0 spiro atoms. The average molecular weight is 443 g/mol. The molecule has 0 aliphatic carbocycles. The maximum Gasteiger partial charge on any atom is 0.274 e. The summed E-state index contributed by atoms with van der Waals surface area (Å²) in [6, 6.07) is 12.0. The Balaban J connectivity index is 1.48. The summed E-state index contributed by atoms with van der Waals surface area (Å²) in [6.07, 6.45) is 1.77. The fourth-order valence-corrected chi connectivity index (χ4v) is 5.33. The lowest BCUT2D eigenvalue weighted by molar-refractivity contribution is 0.0750. The number of aromatic amines is 1. The molecule has 4 aromatic rings. The molecule has 6 rings (SSSR count). The van der Waals surface area contributed by atoms with Gasteiger partial charge >= 0.3 is 0 Å². The number of benzene rings is 2. The molecule has 0 saturated carbocycles. The highest BCUT2D eigenvalue weighted by Crippen LogP contribution is 2.31. The molecule has 168 valence electrons. The van der Waals surface area contributed by atoms with Gasteiger partial charge in [0.05, 0.1) is 16.7 Å².